The molecule has 0 spiro atoms. The highest BCUT2D eigenvalue weighted by Gasteiger charge is 2.37. The van der Waals surface area contributed by atoms with Crippen molar-refractivity contribution in [1.29, 1.82) is 0 Å². The summed E-state index contributed by atoms with van der Waals surface area (Å²) >= 11 is 0. The molecule has 0 atom stereocenters. The Balaban J connectivity index is 1.24. The fraction of sp³-hybridized carbons (Fsp3) is 0.273. The Bertz CT molecular complexity index is 1380. The zero-order chi connectivity index (χ0) is 24.0. The second-order valence-electron chi connectivity index (χ2n) is 11.0. The van der Waals surface area contributed by atoms with Gasteiger partial charge in [-0.1, -0.05) is 93.0 Å². The predicted molar refractivity (Wildman–Crippen MR) is 154 cm³/mol. The van der Waals surface area contributed by atoms with Crippen molar-refractivity contribution in [2.45, 2.75) is 58.0 Å². The highest BCUT2D eigenvalue weighted by molar-refractivity contribution is 7.03. The molecule has 0 unspecified atom stereocenters. The summed E-state index contributed by atoms with van der Waals surface area (Å²) in [6.07, 6.45) is 6.87. The first kappa shape index (κ1) is 22.4. The van der Waals surface area contributed by atoms with Gasteiger partial charge in [-0.2, -0.15) is 0 Å². The molecule has 1 nitrogen and oxygen atoms in total. The summed E-state index contributed by atoms with van der Waals surface area (Å²) in [4.78, 5) is 0. The topological polar surface area (TPSA) is 12.0 Å². The van der Waals surface area contributed by atoms with Crippen LogP contribution in [-0.2, 0) is 0 Å². The smallest absolute Gasteiger partial charge is 0.113 e. The lowest BCUT2D eigenvalue weighted by molar-refractivity contribution is 0.443. The van der Waals surface area contributed by atoms with Crippen LogP contribution in [0.4, 0.5) is 11.4 Å². The quantitative estimate of drug-likeness (QED) is 0.294. The van der Waals surface area contributed by atoms with Crippen molar-refractivity contribution in [1.82, 2.24) is 0 Å². The molecule has 0 aromatic heterocycles. The fourth-order valence-corrected chi connectivity index (χ4v) is 9.48. The van der Waals surface area contributed by atoms with Gasteiger partial charge in [-0.3, -0.25) is 0 Å². The van der Waals surface area contributed by atoms with Crippen molar-refractivity contribution in [3.05, 3.63) is 96.1 Å². The molecule has 0 saturated heterocycles. The summed E-state index contributed by atoms with van der Waals surface area (Å²) in [7, 11) is -1.65. The summed E-state index contributed by atoms with van der Waals surface area (Å²) < 4.78 is 0. The van der Waals surface area contributed by atoms with Crippen LogP contribution in [0.3, 0.4) is 0 Å². The first-order chi connectivity index (χ1) is 17.0. The average molecular weight is 474 g/mol. The number of hydrogen-bond acceptors (Lipinski definition) is 1. The summed E-state index contributed by atoms with van der Waals surface area (Å²) in [5, 5.41) is 6.76. The normalized spacial score (nSPS) is 16.5. The molecule has 1 aliphatic carbocycles. The predicted octanol–water partition coefficient (Wildman–Crippen LogP) is 8.26. The van der Waals surface area contributed by atoms with E-state index in [1.807, 2.05) is 0 Å². The maximum atomic E-state index is 3.63. The van der Waals surface area contributed by atoms with Crippen molar-refractivity contribution < 1.29 is 0 Å². The Labute approximate surface area is 211 Å². The molecule has 1 saturated carbocycles. The molecule has 1 N–H and O–H groups in total. The third kappa shape index (κ3) is 4.04. The van der Waals surface area contributed by atoms with Crippen LogP contribution in [-0.4, -0.2) is 8.07 Å². The molecule has 2 aliphatic rings. The van der Waals surface area contributed by atoms with Gasteiger partial charge in [0.1, 0.15) is 8.07 Å². The first-order valence-electron chi connectivity index (χ1n) is 13.2. The maximum absolute atomic E-state index is 3.63. The number of benzene rings is 4. The van der Waals surface area contributed by atoms with Crippen molar-refractivity contribution in [3.63, 3.8) is 0 Å². The lowest BCUT2D eigenvalue weighted by Gasteiger charge is -2.22. The summed E-state index contributed by atoms with van der Waals surface area (Å²) in [6, 6.07) is 32.1. The molecule has 4 aromatic carbocycles. The molecule has 1 heterocycles. The van der Waals surface area contributed by atoms with Crippen molar-refractivity contribution in [2.75, 3.05) is 5.32 Å². The third-order valence-electron chi connectivity index (χ3n) is 8.40. The van der Waals surface area contributed by atoms with E-state index >= 15 is 0 Å². The van der Waals surface area contributed by atoms with E-state index in [1.54, 1.807) is 10.4 Å². The van der Waals surface area contributed by atoms with Crippen LogP contribution in [0.2, 0.25) is 13.1 Å². The Hall–Kier alpha value is -3.10. The van der Waals surface area contributed by atoms with Gasteiger partial charge < -0.3 is 5.32 Å². The van der Waals surface area contributed by atoms with Gasteiger partial charge in [0.25, 0.3) is 0 Å². The van der Waals surface area contributed by atoms with Gasteiger partial charge in [0.05, 0.1) is 0 Å². The van der Waals surface area contributed by atoms with Crippen LogP contribution in [0.1, 0.15) is 49.1 Å². The Kier molecular flexibility index (Phi) is 5.65. The lowest BCUT2D eigenvalue weighted by Crippen LogP contribution is -2.49. The van der Waals surface area contributed by atoms with Crippen LogP contribution in [0.25, 0.3) is 22.3 Å². The minimum atomic E-state index is -1.65. The van der Waals surface area contributed by atoms with E-state index in [0.717, 1.165) is 11.6 Å². The molecule has 1 fully saturated rings. The fourth-order valence-electron chi connectivity index (χ4n) is 6.38. The number of nitrogens with one attached hydrogen (secondary N) is 1. The highest BCUT2D eigenvalue weighted by Crippen LogP contribution is 2.35. The Morgan fingerprint density at radius 2 is 1.34 bits per heavy atom. The molecular formula is C33H35NSi. The molecule has 0 radical (unpaired) electrons. The highest BCUT2D eigenvalue weighted by atomic mass is 28.3. The zero-order valence-corrected chi connectivity index (χ0v) is 22.2. The molecule has 6 rings (SSSR count). The number of fused-ring (bicyclic) bond motifs is 3. The van der Waals surface area contributed by atoms with Gasteiger partial charge in [-0.05, 0) is 93.7 Å². The van der Waals surface area contributed by atoms with Crippen LogP contribution < -0.4 is 15.7 Å². The van der Waals surface area contributed by atoms with Gasteiger partial charge in [0.2, 0.25) is 0 Å². The van der Waals surface area contributed by atoms with Gasteiger partial charge in [0.15, 0.2) is 0 Å². The largest absolute Gasteiger partial charge is 0.356 e. The number of aryl methyl sites for hydroxylation is 1. The Morgan fingerprint density at radius 3 is 2.11 bits per heavy atom. The van der Waals surface area contributed by atoms with E-state index in [0.29, 0.717) is 0 Å². The van der Waals surface area contributed by atoms with E-state index in [2.05, 4.69) is 110 Å². The summed E-state index contributed by atoms with van der Waals surface area (Å²) in [5.74, 6) is 0.757. The molecule has 0 amide bonds. The number of rotatable bonds is 4. The number of anilines is 2. The SMILES string of the molecule is Cc1cc(Nc2ccc(C3CCCCC3)cc2)ccc1-c1ccc2c(c1)[Si](C)(C)c1ccccc1-2. The zero-order valence-electron chi connectivity index (χ0n) is 21.2. The second-order valence-corrected chi connectivity index (χ2v) is 15.4. The van der Waals surface area contributed by atoms with Crippen LogP contribution in [0.5, 0.6) is 0 Å². The Morgan fingerprint density at radius 1 is 0.657 bits per heavy atom. The monoisotopic (exact) mass is 473 g/mol. The van der Waals surface area contributed by atoms with E-state index in [9.17, 15) is 0 Å². The molecule has 1 aliphatic heterocycles. The van der Waals surface area contributed by atoms with E-state index < -0.39 is 8.07 Å². The lowest BCUT2D eigenvalue weighted by atomic mass is 9.84. The van der Waals surface area contributed by atoms with Crippen molar-refractivity contribution in [3.8, 4) is 22.3 Å². The molecular weight excluding hydrogens is 438 g/mol. The second kappa shape index (κ2) is 8.84. The third-order valence-corrected chi connectivity index (χ3v) is 11.9. The van der Waals surface area contributed by atoms with Crippen molar-refractivity contribution in [2.24, 2.45) is 0 Å². The van der Waals surface area contributed by atoms with Crippen LogP contribution in [0.15, 0.2) is 84.9 Å². The summed E-state index contributed by atoms with van der Waals surface area (Å²) in [5.41, 5.74) is 10.7. The van der Waals surface area contributed by atoms with Gasteiger partial charge in [-0.25, -0.2) is 0 Å². The standard InChI is InChI=1S/C33H35NSi/c1-23-21-28(34-27-16-13-25(14-17-27)24-9-5-4-6-10-24)18-20-29(23)26-15-19-31-30-11-7-8-12-32(30)35(2,3)33(31)22-26/h7-8,11-22,24,34H,4-6,9-10H2,1-3H3. The van der Waals surface area contributed by atoms with Gasteiger partial charge >= 0.3 is 0 Å². The average Bonchev–Trinajstić information content (AvgIpc) is 3.12. The van der Waals surface area contributed by atoms with Crippen LogP contribution in [0, 0.1) is 6.92 Å². The molecule has 0 bridgehead atoms. The van der Waals surface area contributed by atoms with E-state index in [1.165, 1.54) is 71.2 Å². The van der Waals surface area contributed by atoms with Crippen molar-refractivity contribution >= 4 is 29.8 Å². The van der Waals surface area contributed by atoms with E-state index in [4.69, 9.17) is 0 Å². The maximum Gasteiger partial charge on any atom is 0.113 e. The minimum absolute atomic E-state index is 0.757. The summed E-state index contributed by atoms with van der Waals surface area (Å²) in [6.45, 7) is 7.21. The van der Waals surface area contributed by atoms with Gasteiger partial charge in [0, 0.05) is 11.4 Å². The molecule has 2 heteroatoms. The first-order valence-corrected chi connectivity index (χ1v) is 16.2. The minimum Gasteiger partial charge on any atom is -0.356 e. The molecule has 4 aromatic rings. The molecule has 35 heavy (non-hydrogen) atoms. The van der Waals surface area contributed by atoms with Gasteiger partial charge in [-0.15, -0.1) is 0 Å². The van der Waals surface area contributed by atoms with E-state index in [-0.39, 0.29) is 0 Å². The number of hydrogen-bond donors (Lipinski definition) is 1. The van der Waals surface area contributed by atoms with Crippen LogP contribution >= 0.6 is 0 Å². The molecule has 176 valence electrons.